The standard InChI is InChI=1S/C16H31N3O/c1-5-6-16(7-8-17-13-16)14(20)18-9-11-19(12-10-18)15(2,3)4/h17H,5-13H2,1-4H3. The van der Waals surface area contributed by atoms with E-state index in [1.54, 1.807) is 0 Å². The number of carbonyl (C=O) groups is 1. The SMILES string of the molecule is CCCC1(C(=O)N2CCN(C(C)(C)C)CC2)CCNC1. The van der Waals surface area contributed by atoms with Crippen LogP contribution in [-0.2, 0) is 4.79 Å². The Morgan fingerprint density at radius 3 is 2.30 bits per heavy atom. The first kappa shape index (κ1) is 15.8. The van der Waals surface area contributed by atoms with Crippen LogP contribution < -0.4 is 5.32 Å². The molecular weight excluding hydrogens is 250 g/mol. The van der Waals surface area contributed by atoms with Crippen LogP contribution in [0.1, 0.15) is 47.0 Å². The second-order valence-corrected chi connectivity index (χ2v) is 7.41. The molecule has 2 saturated heterocycles. The summed E-state index contributed by atoms with van der Waals surface area (Å²) in [6, 6.07) is 0. The predicted octanol–water partition coefficient (Wildman–Crippen LogP) is 1.71. The van der Waals surface area contributed by atoms with Crippen molar-refractivity contribution >= 4 is 5.91 Å². The maximum absolute atomic E-state index is 12.9. The van der Waals surface area contributed by atoms with E-state index in [0.717, 1.165) is 58.5 Å². The molecule has 0 spiro atoms. The van der Waals surface area contributed by atoms with E-state index < -0.39 is 0 Å². The summed E-state index contributed by atoms with van der Waals surface area (Å²) in [4.78, 5) is 17.5. The van der Waals surface area contributed by atoms with Gasteiger partial charge in [0.05, 0.1) is 5.41 Å². The molecule has 0 aromatic rings. The summed E-state index contributed by atoms with van der Waals surface area (Å²) < 4.78 is 0. The van der Waals surface area contributed by atoms with Crippen molar-refractivity contribution in [1.82, 2.24) is 15.1 Å². The van der Waals surface area contributed by atoms with Crippen molar-refractivity contribution in [3.05, 3.63) is 0 Å². The molecule has 1 atom stereocenters. The fraction of sp³-hybridized carbons (Fsp3) is 0.938. The Bertz CT molecular complexity index is 334. The molecule has 2 aliphatic heterocycles. The Morgan fingerprint density at radius 2 is 1.85 bits per heavy atom. The fourth-order valence-electron chi connectivity index (χ4n) is 3.64. The Hall–Kier alpha value is -0.610. The highest BCUT2D eigenvalue weighted by atomic mass is 16.2. The average Bonchev–Trinajstić information content (AvgIpc) is 2.87. The van der Waals surface area contributed by atoms with Crippen molar-refractivity contribution in [2.75, 3.05) is 39.3 Å². The zero-order valence-electron chi connectivity index (χ0n) is 13.7. The highest BCUT2D eigenvalue weighted by molar-refractivity contribution is 5.83. The molecule has 116 valence electrons. The van der Waals surface area contributed by atoms with Crippen LogP contribution in [0.25, 0.3) is 0 Å². The molecule has 20 heavy (non-hydrogen) atoms. The van der Waals surface area contributed by atoms with Crippen molar-refractivity contribution in [1.29, 1.82) is 0 Å². The number of hydrogen-bond acceptors (Lipinski definition) is 3. The summed E-state index contributed by atoms with van der Waals surface area (Å²) in [5.41, 5.74) is 0.101. The lowest BCUT2D eigenvalue weighted by atomic mass is 9.81. The van der Waals surface area contributed by atoms with E-state index in [-0.39, 0.29) is 11.0 Å². The first-order valence-electron chi connectivity index (χ1n) is 8.14. The lowest BCUT2D eigenvalue weighted by Gasteiger charge is -2.44. The van der Waals surface area contributed by atoms with E-state index in [1.165, 1.54) is 0 Å². The number of nitrogens with zero attached hydrogens (tertiary/aromatic N) is 2. The monoisotopic (exact) mass is 281 g/mol. The molecule has 1 amide bonds. The third kappa shape index (κ3) is 3.17. The first-order chi connectivity index (χ1) is 9.39. The van der Waals surface area contributed by atoms with Gasteiger partial charge in [-0.3, -0.25) is 9.69 Å². The third-order valence-electron chi connectivity index (χ3n) is 4.94. The van der Waals surface area contributed by atoms with E-state index in [1.807, 2.05) is 0 Å². The minimum Gasteiger partial charge on any atom is -0.340 e. The van der Waals surface area contributed by atoms with Crippen molar-refractivity contribution in [3.8, 4) is 0 Å². The van der Waals surface area contributed by atoms with Gasteiger partial charge in [-0.15, -0.1) is 0 Å². The van der Waals surface area contributed by atoms with Crippen LogP contribution in [0.3, 0.4) is 0 Å². The Morgan fingerprint density at radius 1 is 1.20 bits per heavy atom. The minimum atomic E-state index is -0.112. The molecule has 0 radical (unpaired) electrons. The van der Waals surface area contributed by atoms with Gasteiger partial charge in [-0.05, 0) is 40.2 Å². The third-order valence-corrected chi connectivity index (χ3v) is 4.94. The molecule has 1 unspecified atom stereocenters. The lowest BCUT2D eigenvalue weighted by Crippen LogP contribution is -2.57. The largest absolute Gasteiger partial charge is 0.340 e. The Kier molecular flexibility index (Phi) is 4.75. The van der Waals surface area contributed by atoms with Crippen molar-refractivity contribution in [2.45, 2.75) is 52.5 Å². The van der Waals surface area contributed by atoms with Crippen LogP contribution in [0.15, 0.2) is 0 Å². The molecule has 0 aliphatic carbocycles. The molecule has 2 fully saturated rings. The van der Waals surface area contributed by atoms with Gasteiger partial charge in [0, 0.05) is 38.3 Å². The molecular formula is C16H31N3O. The number of piperazine rings is 1. The summed E-state index contributed by atoms with van der Waals surface area (Å²) >= 11 is 0. The van der Waals surface area contributed by atoms with Crippen LogP contribution in [-0.4, -0.2) is 60.5 Å². The maximum Gasteiger partial charge on any atom is 0.230 e. The number of rotatable bonds is 3. The van der Waals surface area contributed by atoms with Crippen LogP contribution in [0.4, 0.5) is 0 Å². The molecule has 0 aromatic heterocycles. The topological polar surface area (TPSA) is 35.6 Å². The van der Waals surface area contributed by atoms with E-state index in [9.17, 15) is 4.79 Å². The molecule has 4 heteroatoms. The zero-order valence-corrected chi connectivity index (χ0v) is 13.7. The maximum atomic E-state index is 12.9. The summed E-state index contributed by atoms with van der Waals surface area (Å²) in [7, 11) is 0. The quantitative estimate of drug-likeness (QED) is 0.855. The second-order valence-electron chi connectivity index (χ2n) is 7.41. The molecule has 0 saturated carbocycles. The van der Waals surface area contributed by atoms with E-state index in [4.69, 9.17) is 0 Å². The number of carbonyl (C=O) groups excluding carboxylic acids is 1. The lowest BCUT2D eigenvalue weighted by molar-refractivity contribution is -0.144. The van der Waals surface area contributed by atoms with E-state index >= 15 is 0 Å². The number of amides is 1. The number of hydrogen-bond donors (Lipinski definition) is 1. The Labute approximate surface area is 123 Å². The normalized spacial score (nSPS) is 28.9. The molecule has 1 N–H and O–H groups in total. The smallest absolute Gasteiger partial charge is 0.230 e. The highest BCUT2D eigenvalue weighted by Gasteiger charge is 2.43. The van der Waals surface area contributed by atoms with Crippen LogP contribution >= 0.6 is 0 Å². The Balaban J connectivity index is 1.97. The summed E-state index contributed by atoms with van der Waals surface area (Å²) in [6.45, 7) is 14.6. The summed E-state index contributed by atoms with van der Waals surface area (Å²) in [5.74, 6) is 0.401. The molecule has 4 nitrogen and oxygen atoms in total. The first-order valence-corrected chi connectivity index (χ1v) is 8.14. The molecule has 2 heterocycles. The van der Waals surface area contributed by atoms with E-state index in [0.29, 0.717) is 5.91 Å². The summed E-state index contributed by atoms with van der Waals surface area (Å²) in [6.07, 6.45) is 3.13. The van der Waals surface area contributed by atoms with Gasteiger partial charge in [-0.25, -0.2) is 0 Å². The van der Waals surface area contributed by atoms with Crippen molar-refractivity contribution in [3.63, 3.8) is 0 Å². The van der Waals surface area contributed by atoms with Gasteiger partial charge in [-0.2, -0.15) is 0 Å². The van der Waals surface area contributed by atoms with Crippen molar-refractivity contribution < 1.29 is 4.79 Å². The van der Waals surface area contributed by atoms with E-state index in [2.05, 4.69) is 42.8 Å². The van der Waals surface area contributed by atoms with Gasteiger partial charge in [0.15, 0.2) is 0 Å². The summed E-state index contributed by atoms with van der Waals surface area (Å²) in [5, 5.41) is 3.39. The van der Waals surface area contributed by atoms with Gasteiger partial charge in [0.1, 0.15) is 0 Å². The van der Waals surface area contributed by atoms with Gasteiger partial charge < -0.3 is 10.2 Å². The van der Waals surface area contributed by atoms with Gasteiger partial charge >= 0.3 is 0 Å². The predicted molar refractivity (Wildman–Crippen MR) is 82.7 cm³/mol. The minimum absolute atomic E-state index is 0.112. The number of nitrogens with one attached hydrogen (secondary N) is 1. The van der Waals surface area contributed by atoms with Crippen molar-refractivity contribution in [2.24, 2.45) is 5.41 Å². The van der Waals surface area contributed by atoms with Crippen LogP contribution in [0.2, 0.25) is 0 Å². The van der Waals surface area contributed by atoms with Crippen LogP contribution in [0.5, 0.6) is 0 Å². The molecule has 2 rings (SSSR count). The van der Waals surface area contributed by atoms with Crippen LogP contribution in [0, 0.1) is 5.41 Å². The highest BCUT2D eigenvalue weighted by Crippen LogP contribution is 2.34. The van der Waals surface area contributed by atoms with Gasteiger partial charge in [-0.1, -0.05) is 13.3 Å². The zero-order chi connectivity index (χ0) is 14.8. The average molecular weight is 281 g/mol. The molecule has 0 aromatic carbocycles. The molecule has 0 bridgehead atoms. The second kappa shape index (κ2) is 6.02. The van der Waals surface area contributed by atoms with Gasteiger partial charge in [0.25, 0.3) is 0 Å². The fourth-order valence-corrected chi connectivity index (χ4v) is 3.64. The van der Waals surface area contributed by atoms with Gasteiger partial charge in [0.2, 0.25) is 5.91 Å². The molecule has 2 aliphatic rings.